The molecule has 168 valence electrons. The van der Waals surface area contributed by atoms with Gasteiger partial charge in [0.1, 0.15) is 5.72 Å². The summed E-state index contributed by atoms with van der Waals surface area (Å²) in [6, 6.07) is 2.16. The van der Waals surface area contributed by atoms with Gasteiger partial charge in [-0.15, -0.1) is 0 Å². The Morgan fingerprint density at radius 1 is 1.06 bits per heavy atom. The Morgan fingerprint density at radius 3 is 2.58 bits per heavy atom. The molecule has 7 nitrogen and oxygen atoms in total. The molecule has 1 aromatic rings. The predicted molar refractivity (Wildman–Crippen MR) is 115 cm³/mol. The SMILES string of the molecule is COc1cc2c(c(OC)c1OC)N(C(C)=O)[C@@H]1CC[C@@]34CCCN5CC[C@@]21[C@]53OCC4. The number of methoxy groups -OCH3 is 3. The van der Waals surface area contributed by atoms with Crippen LogP contribution in [0, 0.1) is 5.41 Å². The number of nitrogens with zero attached hydrogens (tertiary/aromatic N) is 2. The van der Waals surface area contributed by atoms with Gasteiger partial charge in [-0.2, -0.15) is 0 Å². The first kappa shape index (κ1) is 19.7. The van der Waals surface area contributed by atoms with Gasteiger partial charge in [0.15, 0.2) is 11.5 Å². The topological polar surface area (TPSA) is 60.5 Å². The van der Waals surface area contributed by atoms with Crippen molar-refractivity contribution < 1.29 is 23.7 Å². The molecule has 4 fully saturated rings. The molecule has 2 spiro atoms. The number of anilines is 1. The zero-order chi connectivity index (χ0) is 21.6. The van der Waals surface area contributed by atoms with E-state index in [-0.39, 0.29) is 28.5 Å². The van der Waals surface area contributed by atoms with E-state index in [1.54, 1.807) is 28.3 Å². The van der Waals surface area contributed by atoms with Gasteiger partial charge >= 0.3 is 0 Å². The highest BCUT2D eigenvalue weighted by Gasteiger charge is 2.80. The van der Waals surface area contributed by atoms with E-state index in [1.807, 2.05) is 4.90 Å². The van der Waals surface area contributed by atoms with Crippen LogP contribution in [0.15, 0.2) is 6.07 Å². The number of ether oxygens (including phenoxy) is 4. The molecule has 6 rings (SSSR count). The largest absolute Gasteiger partial charge is 0.493 e. The van der Waals surface area contributed by atoms with Gasteiger partial charge in [0, 0.05) is 32.0 Å². The number of carbonyl (C=O) groups excluding carboxylic acids is 1. The van der Waals surface area contributed by atoms with Crippen LogP contribution in [0.4, 0.5) is 5.69 Å². The van der Waals surface area contributed by atoms with E-state index in [9.17, 15) is 4.79 Å². The van der Waals surface area contributed by atoms with Gasteiger partial charge in [0.2, 0.25) is 11.7 Å². The second kappa shape index (κ2) is 6.29. The maximum atomic E-state index is 13.1. The third-order valence-corrected chi connectivity index (χ3v) is 9.16. The molecule has 0 unspecified atom stereocenters. The monoisotopic (exact) mass is 428 g/mol. The van der Waals surface area contributed by atoms with Crippen LogP contribution in [0.5, 0.6) is 17.2 Å². The van der Waals surface area contributed by atoms with Crippen molar-refractivity contribution >= 4 is 11.6 Å². The minimum Gasteiger partial charge on any atom is -0.493 e. The number of carbonyl (C=O) groups is 1. The average Bonchev–Trinajstić information content (AvgIpc) is 3.42. The minimum absolute atomic E-state index is 0.0461. The lowest BCUT2D eigenvalue weighted by Crippen LogP contribution is -2.73. The molecule has 0 N–H and O–H groups in total. The molecule has 31 heavy (non-hydrogen) atoms. The summed E-state index contributed by atoms with van der Waals surface area (Å²) < 4.78 is 24.3. The molecule has 4 heterocycles. The normalized spacial score (nSPS) is 37.7. The zero-order valence-corrected chi connectivity index (χ0v) is 19.0. The molecule has 1 aromatic carbocycles. The Labute approximate surface area is 183 Å². The molecule has 3 saturated heterocycles. The standard InChI is InChI=1S/C24H32N2O5/c1-15(27)26-18-6-8-22-7-5-11-25-12-9-23(18,24(22,25)31-13-10-22)16-14-17(28-2)20(29-3)21(30-4)19(16)26/h14,18H,5-13H2,1-4H3/t18-,22-,23-,24+/m1/s1. The Balaban J connectivity index is 1.71. The van der Waals surface area contributed by atoms with Crippen molar-refractivity contribution in [3.63, 3.8) is 0 Å². The fraction of sp³-hybridized carbons (Fsp3) is 0.708. The summed E-state index contributed by atoms with van der Waals surface area (Å²) >= 11 is 0. The molecule has 0 radical (unpaired) electrons. The highest BCUT2D eigenvalue weighted by molar-refractivity contribution is 5.99. The molecular weight excluding hydrogens is 396 g/mol. The van der Waals surface area contributed by atoms with Gasteiger partial charge in [0.25, 0.3) is 0 Å². The number of amides is 1. The average molecular weight is 429 g/mol. The van der Waals surface area contributed by atoms with Gasteiger partial charge in [-0.1, -0.05) is 0 Å². The third-order valence-electron chi connectivity index (χ3n) is 9.16. The molecule has 0 bridgehead atoms. The molecule has 1 amide bonds. The van der Waals surface area contributed by atoms with Crippen LogP contribution in [0.1, 0.15) is 51.0 Å². The molecular formula is C24H32N2O5. The van der Waals surface area contributed by atoms with Crippen molar-refractivity contribution in [1.29, 1.82) is 0 Å². The third kappa shape index (κ3) is 1.93. The van der Waals surface area contributed by atoms with E-state index in [0.717, 1.165) is 56.6 Å². The molecule has 0 aromatic heterocycles. The van der Waals surface area contributed by atoms with Crippen molar-refractivity contribution in [1.82, 2.24) is 4.90 Å². The Bertz CT molecular complexity index is 966. The summed E-state index contributed by atoms with van der Waals surface area (Å²) in [7, 11) is 4.92. The summed E-state index contributed by atoms with van der Waals surface area (Å²) in [5.41, 5.74) is 1.51. The highest BCUT2D eigenvalue weighted by Crippen LogP contribution is 2.74. The number of hydrogen-bond donors (Lipinski definition) is 0. The van der Waals surface area contributed by atoms with E-state index >= 15 is 0 Å². The Hall–Kier alpha value is -1.99. The first-order valence-corrected chi connectivity index (χ1v) is 11.5. The van der Waals surface area contributed by atoms with Crippen molar-refractivity contribution in [2.75, 3.05) is 45.9 Å². The smallest absolute Gasteiger partial charge is 0.224 e. The second-order valence-corrected chi connectivity index (χ2v) is 9.82. The van der Waals surface area contributed by atoms with E-state index in [4.69, 9.17) is 18.9 Å². The maximum Gasteiger partial charge on any atom is 0.224 e. The van der Waals surface area contributed by atoms with Crippen LogP contribution in [0.2, 0.25) is 0 Å². The second-order valence-electron chi connectivity index (χ2n) is 9.82. The summed E-state index contributed by atoms with van der Waals surface area (Å²) in [5.74, 6) is 1.82. The fourth-order valence-corrected chi connectivity index (χ4v) is 8.41. The quantitative estimate of drug-likeness (QED) is 0.738. The summed E-state index contributed by atoms with van der Waals surface area (Å²) in [5, 5.41) is 0. The van der Waals surface area contributed by atoms with Gasteiger partial charge < -0.3 is 23.8 Å². The van der Waals surface area contributed by atoms with Crippen LogP contribution in [0.25, 0.3) is 0 Å². The first-order valence-electron chi connectivity index (χ1n) is 11.5. The number of hydrogen-bond acceptors (Lipinski definition) is 6. The van der Waals surface area contributed by atoms with Crippen molar-refractivity contribution in [2.24, 2.45) is 5.41 Å². The lowest BCUT2D eigenvalue weighted by atomic mass is 9.50. The molecule has 1 aliphatic carbocycles. The first-order chi connectivity index (χ1) is 15.0. The molecule has 1 saturated carbocycles. The summed E-state index contributed by atoms with van der Waals surface area (Å²) in [4.78, 5) is 17.8. The van der Waals surface area contributed by atoms with E-state index in [1.165, 1.54) is 12.8 Å². The van der Waals surface area contributed by atoms with Crippen LogP contribution in [-0.4, -0.2) is 63.6 Å². The van der Waals surface area contributed by atoms with Crippen LogP contribution in [0.3, 0.4) is 0 Å². The molecule has 7 heteroatoms. The van der Waals surface area contributed by atoms with E-state index < -0.39 is 0 Å². The van der Waals surface area contributed by atoms with Crippen molar-refractivity contribution in [2.45, 2.75) is 62.6 Å². The zero-order valence-electron chi connectivity index (χ0n) is 19.0. The molecule has 4 atom stereocenters. The van der Waals surface area contributed by atoms with Crippen LogP contribution in [-0.2, 0) is 14.9 Å². The molecule has 5 aliphatic rings. The lowest BCUT2D eigenvalue weighted by molar-refractivity contribution is -0.232. The van der Waals surface area contributed by atoms with Crippen LogP contribution < -0.4 is 19.1 Å². The fourth-order valence-electron chi connectivity index (χ4n) is 8.41. The number of piperidine rings is 1. The molecule has 4 aliphatic heterocycles. The van der Waals surface area contributed by atoms with Crippen molar-refractivity contribution in [3.05, 3.63) is 11.6 Å². The Kier molecular flexibility index (Phi) is 3.99. The number of benzene rings is 1. The van der Waals surface area contributed by atoms with Gasteiger partial charge in [-0.25, -0.2) is 0 Å². The lowest BCUT2D eigenvalue weighted by Gasteiger charge is -2.62. The maximum absolute atomic E-state index is 13.1. The van der Waals surface area contributed by atoms with Crippen molar-refractivity contribution in [3.8, 4) is 17.2 Å². The predicted octanol–water partition coefficient (Wildman–Crippen LogP) is 3.08. The summed E-state index contributed by atoms with van der Waals surface area (Å²) in [6.07, 6.45) is 6.61. The van der Waals surface area contributed by atoms with Gasteiger partial charge in [-0.3, -0.25) is 9.69 Å². The number of fused-ring (bicyclic) bond motifs is 1. The van der Waals surface area contributed by atoms with E-state index in [0.29, 0.717) is 17.2 Å². The summed E-state index contributed by atoms with van der Waals surface area (Å²) in [6.45, 7) is 4.53. The minimum atomic E-state index is -0.356. The van der Waals surface area contributed by atoms with E-state index in [2.05, 4.69) is 11.0 Å². The number of rotatable bonds is 3. The van der Waals surface area contributed by atoms with Gasteiger partial charge in [0.05, 0.1) is 38.5 Å². The highest BCUT2D eigenvalue weighted by atomic mass is 16.5. The van der Waals surface area contributed by atoms with Gasteiger partial charge in [-0.05, 0) is 50.2 Å². The van der Waals surface area contributed by atoms with Crippen LogP contribution >= 0.6 is 0 Å². The Morgan fingerprint density at radius 2 is 1.87 bits per heavy atom.